The Kier molecular flexibility index (Phi) is 8.20. The van der Waals surface area contributed by atoms with Crippen molar-refractivity contribution >= 4 is 68.2 Å². The van der Waals surface area contributed by atoms with Gasteiger partial charge in [-0.05, 0) is 60.9 Å². The van der Waals surface area contributed by atoms with Crippen LogP contribution in [0, 0.1) is 0 Å². The van der Waals surface area contributed by atoms with Crippen LogP contribution in [0.2, 0.25) is 10.0 Å². The zero-order chi connectivity index (χ0) is 29.4. The van der Waals surface area contributed by atoms with E-state index in [1.165, 1.54) is 0 Å². The minimum Gasteiger partial charge on any atom is -0.378 e. The number of carbonyl (C=O) groups is 3. The first-order chi connectivity index (χ1) is 20.2. The summed E-state index contributed by atoms with van der Waals surface area (Å²) in [4.78, 5) is 44.9. The van der Waals surface area contributed by atoms with E-state index in [4.69, 9.17) is 27.9 Å². The first-order valence-electron chi connectivity index (χ1n) is 13.9. The fourth-order valence-electron chi connectivity index (χ4n) is 6.09. The molecule has 3 aliphatic heterocycles. The van der Waals surface area contributed by atoms with Crippen molar-refractivity contribution in [3.8, 4) is 0 Å². The van der Waals surface area contributed by atoms with Gasteiger partial charge >= 0.3 is 0 Å². The fourth-order valence-corrected chi connectivity index (χ4v) is 6.84. The van der Waals surface area contributed by atoms with E-state index in [1.807, 2.05) is 24.3 Å². The maximum absolute atomic E-state index is 14.2. The van der Waals surface area contributed by atoms with Crippen molar-refractivity contribution in [2.24, 2.45) is 0 Å². The third-order valence-corrected chi connectivity index (χ3v) is 9.08. The van der Waals surface area contributed by atoms with Crippen molar-refractivity contribution in [1.82, 2.24) is 9.80 Å². The molecule has 218 valence electrons. The van der Waals surface area contributed by atoms with Gasteiger partial charge in [0, 0.05) is 57.5 Å². The number of rotatable bonds is 6. The molecule has 0 aromatic heterocycles. The lowest BCUT2D eigenvalue weighted by molar-refractivity contribution is -0.139. The van der Waals surface area contributed by atoms with E-state index in [0.29, 0.717) is 71.8 Å². The van der Waals surface area contributed by atoms with Crippen molar-refractivity contribution in [1.29, 1.82) is 0 Å². The summed E-state index contributed by atoms with van der Waals surface area (Å²) < 4.78 is 6.14. The van der Waals surface area contributed by atoms with Gasteiger partial charge in [0.2, 0.25) is 5.91 Å². The summed E-state index contributed by atoms with van der Waals surface area (Å²) in [7, 11) is 0. The maximum Gasteiger partial charge on any atom is 0.256 e. The van der Waals surface area contributed by atoms with E-state index >= 15 is 0 Å². The molecule has 0 radical (unpaired) electrons. The predicted molar refractivity (Wildman–Crippen MR) is 166 cm³/mol. The Morgan fingerprint density at radius 3 is 2.60 bits per heavy atom. The molecule has 3 aromatic carbocycles. The van der Waals surface area contributed by atoms with E-state index in [1.54, 1.807) is 46.2 Å². The van der Waals surface area contributed by atoms with Gasteiger partial charge in [-0.2, -0.15) is 0 Å². The molecule has 0 bridgehead atoms. The number of ether oxygens (including phenoxy) is 1. The van der Waals surface area contributed by atoms with E-state index in [9.17, 15) is 14.4 Å². The quantitative estimate of drug-likeness (QED) is 0.350. The van der Waals surface area contributed by atoms with Crippen LogP contribution in [-0.2, 0) is 26.3 Å². The van der Waals surface area contributed by atoms with Gasteiger partial charge in [-0.3, -0.25) is 14.4 Å². The minimum atomic E-state index is -1.27. The number of nitrogens with one attached hydrogen (secondary N) is 2. The van der Waals surface area contributed by atoms with Gasteiger partial charge in [0.1, 0.15) is 11.6 Å². The molecule has 3 heterocycles. The van der Waals surface area contributed by atoms with Crippen LogP contribution in [-0.4, -0.2) is 66.4 Å². The molecular formula is C31H29BrCl2N4O4. The normalized spacial score (nSPS) is 21.7. The molecule has 11 heteroatoms. The molecule has 3 amide bonds. The standard InChI is InChI=1S/C31H29BrCl2N4O4/c32-20-6-8-23(28(39)38-10-2-5-27(38)29(40)37-11-13-42-14-12-37)25(16-20)36-31(18-19-3-1-4-21(33)15-19)24-9-7-22(34)17-26(24)35-30(31)41/h1,3-4,6-9,15-17,27,36H,2,5,10-14,18H2,(H,35,41). The number of carbonyl (C=O) groups excluding carboxylic acids is 3. The topological polar surface area (TPSA) is 91.0 Å². The van der Waals surface area contributed by atoms with E-state index < -0.39 is 11.6 Å². The molecule has 2 N–H and O–H groups in total. The third-order valence-electron chi connectivity index (χ3n) is 8.12. The molecule has 0 aliphatic carbocycles. The Morgan fingerprint density at radius 2 is 1.81 bits per heavy atom. The molecule has 2 atom stereocenters. The highest BCUT2D eigenvalue weighted by Crippen LogP contribution is 2.43. The SMILES string of the molecule is O=C(C1CCCN1C(=O)c1ccc(Br)cc1NC1(Cc2cccc(Cl)c2)C(=O)Nc2cc(Cl)ccc21)N1CCOCC1. The molecule has 2 saturated heterocycles. The molecule has 3 aliphatic rings. The van der Waals surface area contributed by atoms with Crippen molar-refractivity contribution < 1.29 is 19.1 Å². The summed E-state index contributed by atoms with van der Waals surface area (Å²) in [5.74, 6) is -0.587. The first kappa shape index (κ1) is 29.0. The van der Waals surface area contributed by atoms with E-state index in [-0.39, 0.29) is 24.1 Å². The highest BCUT2D eigenvalue weighted by molar-refractivity contribution is 9.10. The Hall–Kier alpha value is -3.11. The molecule has 0 saturated carbocycles. The minimum absolute atomic E-state index is 0.0471. The number of benzene rings is 3. The van der Waals surface area contributed by atoms with Crippen molar-refractivity contribution in [2.45, 2.75) is 30.8 Å². The van der Waals surface area contributed by atoms with Crippen LogP contribution in [0.15, 0.2) is 65.1 Å². The molecule has 0 spiro atoms. The van der Waals surface area contributed by atoms with E-state index in [2.05, 4.69) is 26.6 Å². The molecule has 2 unspecified atom stereocenters. The van der Waals surface area contributed by atoms with Gasteiger partial charge in [-0.1, -0.05) is 57.3 Å². The van der Waals surface area contributed by atoms with Crippen molar-refractivity contribution in [2.75, 3.05) is 43.5 Å². The number of fused-ring (bicyclic) bond motifs is 1. The number of anilines is 2. The summed E-state index contributed by atoms with van der Waals surface area (Å²) in [5, 5.41) is 7.51. The van der Waals surface area contributed by atoms with Crippen LogP contribution in [0.25, 0.3) is 0 Å². The largest absolute Gasteiger partial charge is 0.378 e. The van der Waals surface area contributed by atoms with Gasteiger partial charge < -0.3 is 25.2 Å². The zero-order valence-electron chi connectivity index (χ0n) is 22.7. The van der Waals surface area contributed by atoms with Crippen LogP contribution in [0.5, 0.6) is 0 Å². The second-order valence-electron chi connectivity index (χ2n) is 10.8. The lowest BCUT2D eigenvalue weighted by Crippen LogP contribution is -2.51. The number of hydrogen-bond donors (Lipinski definition) is 2. The average Bonchev–Trinajstić information content (AvgIpc) is 3.56. The number of amides is 3. The number of hydrogen-bond acceptors (Lipinski definition) is 5. The Labute approximate surface area is 262 Å². The van der Waals surface area contributed by atoms with Gasteiger partial charge in [0.05, 0.1) is 18.8 Å². The van der Waals surface area contributed by atoms with Crippen LogP contribution in [0.4, 0.5) is 11.4 Å². The Morgan fingerprint density at radius 1 is 1.02 bits per heavy atom. The van der Waals surface area contributed by atoms with Gasteiger partial charge in [0.15, 0.2) is 0 Å². The van der Waals surface area contributed by atoms with Crippen LogP contribution < -0.4 is 10.6 Å². The van der Waals surface area contributed by atoms with Crippen molar-refractivity contribution in [3.63, 3.8) is 0 Å². The summed E-state index contributed by atoms with van der Waals surface area (Å²) in [6.07, 6.45) is 1.60. The average molecular weight is 672 g/mol. The van der Waals surface area contributed by atoms with Crippen molar-refractivity contribution in [3.05, 3.63) is 91.9 Å². The lowest BCUT2D eigenvalue weighted by Gasteiger charge is -2.34. The van der Waals surface area contributed by atoms with Crippen LogP contribution in [0.3, 0.4) is 0 Å². The highest BCUT2D eigenvalue weighted by atomic mass is 79.9. The maximum atomic E-state index is 14.2. The molecule has 42 heavy (non-hydrogen) atoms. The summed E-state index contributed by atoms with van der Waals surface area (Å²) in [6.45, 7) is 2.51. The molecule has 2 fully saturated rings. The van der Waals surface area contributed by atoms with E-state index in [0.717, 1.165) is 16.5 Å². The smallest absolute Gasteiger partial charge is 0.256 e. The number of likely N-dealkylation sites (tertiary alicyclic amines) is 1. The zero-order valence-corrected chi connectivity index (χ0v) is 25.8. The molecule has 6 rings (SSSR count). The third kappa shape index (κ3) is 5.51. The van der Waals surface area contributed by atoms with Gasteiger partial charge in [-0.15, -0.1) is 0 Å². The summed E-state index contributed by atoms with van der Waals surface area (Å²) in [5.41, 5.74) is 1.72. The van der Waals surface area contributed by atoms with Crippen LogP contribution in [0.1, 0.15) is 34.3 Å². The van der Waals surface area contributed by atoms with Gasteiger partial charge in [0.25, 0.3) is 11.8 Å². The predicted octanol–water partition coefficient (Wildman–Crippen LogP) is 5.72. The van der Waals surface area contributed by atoms with Gasteiger partial charge in [-0.25, -0.2) is 0 Å². The number of morpholine rings is 1. The first-order valence-corrected chi connectivity index (χ1v) is 15.4. The molecule has 8 nitrogen and oxygen atoms in total. The lowest BCUT2D eigenvalue weighted by atomic mass is 9.84. The Bertz CT molecular complexity index is 1560. The summed E-state index contributed by atoms with van der Waals surface area (Å²) in [6, 6.07) is 17.4. The highest BCUT2D eigenvalue weighted by Gasteiger charge is 2.48. The molecule has 3 aromatic rings. The molecular weight excluding hydrogens is 643 g/mol. The summed E-state index contributed by atoms with van der Waals surface area (Å²) >= 11 is 16.1. The monoisotopic (exact) mass is 670 g/mol. The second-order valence-corrected chi connectivity index (χ2v) is 12.6. The number of halogens is 3. The Balaban J connectivity index is 1.38. The second kappa shape index (κ2) is 11.9. The number of nitrogens with zero attached hydrogens (tertiary/aromatic N) is 2. The van der Waals surface area contributed by atoms with Crippen LogP contribution >= 0.6 is 39.1 Å². The fraction of sp³-hybridized carbons (Fsp3) is 0.323.